The van der Waals surface area contributed by atoms with Gasteiger partial charge in [-0.1, -0.05) is 23.8 Å². The van der Waals surface area contributed by atoms with Crippen LogP contribution in [-0.4, -0.2) is 35.2 Å². The van der Waals surface area contributed by atoms with E-state index >= 15 is 0 Å². The molecule has 0 bridgehead atoms. The van der Waals surface area contributed by atoms with Crippen molar-refractivity contribution in [3.8, 4) is 0 Å². The van der Waals surface area contributed by atoms with E-state index in [2.05, 4.69) is 11.4 Å². The normalized spacial score (nSPS) is 18.2. The fourth-order valence-corrected chi connectivity index (χ4v) is 3.30. The van der Waals surface area contributed by atoms with Crippen molar-refractivity contribution in [3.63, 3.8) is 0 Å². The van der Waals surface area contributed by atoms with Gasteiger partial charge in [-0.15, -0.1) is 0 Å². The fourth-order valence-electron chi connectivity index (χ4n) is 3.30. The van der Waals surface area contributed by atoms with E-state index in [-0.39, 0.29) is 5.91 Å². The standard InChI is InChI=1S/C19H22N2O3/c1-13(17(22)20-12-11-14-7-3-2-4-8-14)21-18(23)15-9-5-6-10-16(15)19(21)24/h5-7,9-10,13H,2-4,8,11-12H2,1H3,(H,20,22)/t13-/m1/s1. The monoisotopic (exact) mass is 326 g/mol. The van der Waals surface area contributed by atoms with Crippen LogP contribution in [0.15, 0.2) is 35.9 Å². The Kier molecular flexibility index (Phi) is 4.79. The van der Waals surface area contributed by atoms with Gasteiger partial charge in [0.1, 0.15) is 6.04 Å². The Morgan fingerprint density at radius 1 is 1.17 bits per heavy atom. The lowest BCUT2D eigenvalue weighted by Crippen LogP contribution is -2.48. The average Bonchev–Trinajstić information content (AvgIpc) is 2.86. The predicted molar refractivity (Wildman–Crippen MR) is 90.6 cm³/mol. The smallest absolute Gasteiger partial charge is 0.262 e. The van der Waals surface area contributed by atoms with E-state index in [1.165, 1.54) is 18.4 Å². The summed E-state index contributed by atoms with van der Waals surface area (Å²) in [6.45, 7) is 2.13. The first kappa shape index (κ1) is 16.4. The van der Waals surface area contributed by atoms with Gasteiger partial charge in [0.15, 0.2) is 0 Å². The fraction of sp³-hybridized carbons (Fsp3) is 0.421. The minimum atomic E-state index is -0.808. The van der Waals surface area contributed by atoms with E-state index in [1.54, 1.807) is 31.2 Å². The van der Waals surface area contributed by atoms with Crippen molar-refractivity contribution in [2.45, 2.75) is 45.1 Å². The molecule has 0 fully saturated rings. The minimum absolute atomic E-state index is 0.291. The zero-order chi connectivity index (χ0) is 17.1. The highest BCUT2D eigenvalue weighted by Crippen LogP contribution is 2.24. The van der Waals surface area contributed by atoms with Gasteiger partial charge < -0.3 is 5.32 Å². The van der Waals surface area contributed by atoms with Gasteiger partial charge >= 0.3 is 0 Å². The number of rotatable bonds is 5. The average molecular weight is 326 g/mol. The summed E-state index contributed by atoms with van der Waals surface area (Å²) >= 11 is 0. The molecule has 0 saturated heterocycles. The predicted octanol–water partition coefficient (Wildman–Crippen LogP) is 2.68. The van der Waals surface area contributed by atoms with Crippen LogP contribution in [0.4, 0.5) is 0 Å². The summed E-state index contributed by atoms with van der Waals surface area (Å²) in [6.07, 6.45) is 7.76. The molecule has 1 aromatic rings. The number of amides is 3. The molecule has 0 radical (unpaired) electrons. The summed E-state index contributed by atoms with van der Waals surface area (Å²) < 4.78 is 0. The number of imide groups is 1. The maximum absolute atomic E-state index is 12.4. The number of allylic oxidation sites excluding steroid dienone is 1. The largest absolute Gasteiger partial charge is 0.354 e. The van der Waals surface area contributed by atoms with E-state index in [1.807, 2.05) is 0 Å². The van der Waals surface area contributed by atoms with Crippen LogP contribution in [-0.2, 0) is 4.79 Å². The van der Waals surface area contributed by atoms with Gasteiger partial charge in [-0.05, 0) is 51.2 Å². The second kappa shape index (κ2) is 6.99. The summed E-state index contributed by atoms with van der Waals surface area (Å²) in [6, 6.07) is 5.87. The number of carbonyl (C=O) groups excluding carboxylic acids is 3. The number of nitrogens with zero attached hydrogens (tertiary/aromatic N) is 1. The van der Waals surface area contributed by atoms with Crippen LogP contribution in [0.25, 0.3) is 0 Å². The number of benzene rings is 1. The van der Waals surface area contributed by atoms with E-state index in [0.29, 0.717) is 17.7 Å². The highest BCUT2D eigenvalue weighted by atomic mass is 16.2. The quantitative estimate of drug-likeness (QED) is 0.668. The van der Waals surface area contributed by atoms with Crippen LogP contribution in [0.3, 0.4) is 0 Å². The number of hydrogen-bond donors (Lipinski definition) is 1. The molecule has 1 atom stereocenters. The summed E-state index contributed by atoms with van der Waals surface area (Å²) in [5.41, 5.74) is 2.12. The first-order chi connectivity index (χ1) is 11.6. The Bertz CT molecular complexity index is 673. The lowest BCUT2D eigenvalue weighted by molar-refractivity contribution is -0.124. The zero-order valence-electron chi connectivity index (χ0n) is 13.9. The molecular formula is C19H22N2O3. The summed E-state index contributed by atoms with van der Waals surface area (Å²) in [5.74, 6) is -1.08. The van der Waals surface area contributed by atoms with Gasteiger partial charge in [0.2, 0.25) is 5.91 Å². The van der Waals surface area contributed by atoms with E-state index in [4.69, 9.17) is 0 Å². The molecule has 0 aromatic heterocycles. The second-order valence-electron chi connectivity index (χ2n) is 6.35. The summed E-state index contributed by atoms with van der Waals surface area (Å²) in [4.78, 5) is 38.2. The molecule has 3 rings (SSSR count). The number of fused-ring (bicyclic) bond motifs is 1. The van der Waals surface area contributed by atoms with Gasteiger partial charge in [0.25, 0.3) is 11.8 Å². The molecule has 1 heterocycles. The van der Waals surface area contributed by atoms with Gasteiger partial charge in [0, 0.05) is 6.54 Å². The molecule has 2 aliphatic rings. The maximum atomic E-state index is 12.4. The van der Waals surface area contributed by atoms with Crippen molar-refractivity contribution in [3.05, 3.63) is 47.0 Å². The topological polar surface area (TPSA) is 66.5 Å². The maximum Gasteiger partial charge on any atom is 0.262 e. The molecule has 0 unspecified atom stereocenters. The summed E-state index contributed by atoms with van der Waals surface area (Å²) in [5, 5.41) is 2.85. The van der Waals surface area contributed by atoms with Crippen LogP contribution in [0, 0.1) is 0 Å². The van der Waals surface area contributed by atoms with Gasteiger partial charge in [0.05, 0.1) is 11.1 Å². The molecule has 3 amide bonds. The molecule has 0 spiro atoms. The van der Waals surface area contributed by atoms with Crippen LogP contribution < -0.4 is 5.32 Å². The second-order valence-corrected chi connectivity index (χ2v) is 6.35. The van der Waals surface area contributed by atoms with Crippen LogP contribution in [0.5, 0.6) is 0 Å². The Morgan fingerprint density at radius 3 is 2.42 bits per heavy atom. The van der Waals surface area contributed by atoms with Crippen molar-refractivity contribution in [1.82, 2.24) is 10.2 Å². The number of carbonyl (C=O) groups is 3. The molecule has 5 nitrogen and oxygen atoms in total. The third kappa shape index (κ3) is 3.11. The summed E-state index contributed by atoms with van der Waals surface area (Å²) in [7, 11) is 0. The minimum Gasteiger partial charge on any atom is -0.354 e. The van der Waals surface area contributed by atoms with E-state index in [0.717, 1.165) is 24.2 Å². The van der Waals surface area contributed by atoms with Crippen LogP contribution >= 0.6 is 0 Å². The van der Waals surface area contributed by atoms with E-state index in [9.17, 15) is 14.4 Å². The molecule has 5 heteroatoms. The molecule has 1 aliphatic carbocycles. The van der Waals surface area contributed by atoms with Gasteiger partial charge in [-0.2, -0.15) is 0 Å². The van der Waals surface area contributed by atoms with Crippen molar-refractivity contribution in [2.75, 3.05) is 6.54 Å². The Morgan fingerprint density at radius 2 is 1.83 bits per heavy atom. The first-order valence-corrected chi connectivity index (χ1v) is 8.52. The molecule has 126 valence electrons. The molecule has 1 aromatic carbocycles. The van der Waals surface area contributed by atoms with Crippen molar-refractivity contribution >= 4 is 17.7 Å². The first-order valence-electron chi connectivity index (χ1n) is 8.52. The van der Waals surface area contributed by atoms with Crippen molar-refractivity contribution in [1.29, 1.82) is 0 Å². The Hall–Kier alpha value is -2.43. The SMILES string of the molecule is C[C@H](C(=O)NCCC1=CCCCC1)N1C(=O)c2ccccc2C1=O. The molecular weight excluding hydrogens is 304 g/mol. The molecule has 0 saturated carbocycles. The lowest BCUT2D eigenvalue weighted by Gasteiger charge is -2.22. The molecule has 1 aliphatic heterocycles. The molecule has 24 heavy (non-hydrogen) atoms. The van der Waals surface area contributed by atoms with Crippen molar-refractivity contribution in [2.24, 2.45) is 0 Å². The van der Waals surface area contributed by atoms with Gasteiger partial charge in [-0.3, -0.25) is 19.3 Å². The van der Waals surface area contributed by atoms with Crippen molar-refractivity contribution < 1.29 is 14.4 Å². The Balaban J connectivity index is 1.59. The van der Waals surface area contributed by atoms with Gasteiger partial charge in [-0.25, -0.2) is 0 Å². The number of nitrogens with one attached hydrogen (secondary N) is 1. The zero-order valence-corrected chi connectivity index (χ0v) is 13.9. The van der Waals surface area contributed by atoms with Crippen LogP contribution in [0.2, 0.25) is 0 Å². The third-order valence-corrected chi connectivity index (χ3v) is 4.72. The number of hydrogen-bond acceptors (Lipinski definition) is 3. The highest BCUT2D eigenvalue weighted by Gasteiger charge is 2.40. The third-order valence-electron chi connectivity index (χ3n) is 4.72. The molecule has 1 N–H and O–H groups in total. The Labute approximate surface area is 141 Å². The van der Waals surface area contributed by atoms with E-state index < -0.39 is 17.9 Å². The van der Waals surface area contributed by atoms with Crippen LogP contribution in [0.1, 0.15) is 59.7 Å². The highest BCUT2D eigenvalue weighted by molar-refractivity contribution is 6.22. The lowest BCUT2D eigenvalue weighted by atomic mass is 9.97.